The SMILES string of the molecule is CCSc1nc2c(C)ccnc2n1Cc1ccc(C2(Br)CC(C#N)=CN2C)cc1. The van der Waals surface area contributed by atoms with Gasteiger partial charge < -0.3 is 4.90 Å². The summed E-state index contributed by atoms with van der Waals surface area (Å²) in [6, 6.07) is 12.9. The van der Waals surface area contributed by atoms with E-state index in [1.54, 1.807) is 11.8 Å². The molecule has 1 unspecified atom stereocenters. The number of imidazole rings is 1. The molecule has 1 aliphatic heterocycles. The van der Waals surface area contributed by atoms with Gasteiger partial charge in [0.25, 0.3) is 0 Å². The first kappa shape index (κ1) is 20.0. The van der Waals surface area contributed by atoms with E-state index in [0.717, 1.165) is 45.3 Å². The van der Waals surface area contributed by atoms with Crippen molar-refractivity contribution in [1.82, 2.24) is 19.4 Å². The fraction of sp³-hybridized carbons (Fsp3) is 0.318. The smallest absolute Gasteiger partial charge is 0.170 e. The van der Waals surface area contributed by atoms with Crippen LogP contribution < -0.4 is 0 Å². The highest BCUT2D eigenvalue weighted by Crippen LogP contribution is 2.44. The van der Waals surface area contributed by atoms with Crippen LogP contribution in [0.1, 0.15) is 30.0 Å². The number of aromatic nitrogens is 3. The Morgan fingerprint density at radius 3 is 2.69 bits per heavy atom. The molecule has 3 heterocycles. The molecule has 0 bridgehead atoms. The number of rotatable bonds is 5. The van der Waals surface area contributed by atoms with E-state index in [-0.39, 0.29) is 4.45 Å². The van der Waals surface area contributed by atoms with Gasteiger partial charge in [0, 0.05) is 31.4 Å². The lowest BCUT2D eigenvalue weighted by atomic mass is 10.0. The first-order valence-corrected chi connectivity index (χ1v) is 11.3. The minimum absolute atomic E-state index is 0.361. The molecule has 0 fully saturated rings. The number of pyridine rings is 1. The van der Waals surface area contributed by atoms with Crippen molar-refractivity contribution >= 4 is 38.9 Å². The molecule has 29 heavy (non-hydrogen) atoms. The summed E-state index contributed by atoms with van der Waals surface area (Å²) < 4.78 is 1.84. The van der Waals surface area contributed by atoms with Gasteiger partial charge in [0.05, 0.1) is 12.6 Å². The topological polar surface area (TPSA) is 57.7 Å². The number of nitriles is 1. The Labute approximate surface area is 183 Å². The van der Waals surface area contributed by atoms with Crippen LogP contribution >= 0.6 is 27.7 Å². The van der Waals surface area contributed by atoms with Crippen LogP contribution in [-0.2, 0) is 11.0 Å². The Morgan fingerprint density at radius 1 is 1.28 bits per heavy atom. The summed E-state index contributed by atoms with van der Waals surface area (Å²) in [5.41, 5.74) is 6.16. The molecule has 1 atom stereocenters. The highest BCUT2D eigenvalue weighted by atomic mass is 79.9. The van der Waals surface area contributed by atoms with Crippen molar-refractivity contribution in [2.75, 3.05) is 12.8 Å². The highest BCUT2D eigenvalue weighted by molar-refractivity contribution is 9.09. The summed E-state index contributed by atoms with van der Waals surface area (Å²) in [6.07, 6.45) is 4.41. The lowest BCUT2D eigenvalue weighted by molar-refractivity contribution is 0.333. The molecule has 3 aromatic rings. The zero-order valence-electron chi connectivity index (χ0n) is 16.7. The first-order chi connectivity index (χ1) is 14.0. The van der Waals surface area contributed by atoms with Crippen molar-refractivity contribution in [3.8, 4) is 6.07 Å². The van der Waals surface area contributed by atoms with Crippen LogP contribution in [-0.4, -0.2) is 32.2 Å². The largest absolute Gasteiger partial charge is 0.360 e. The monoisotopic (exact) mass is 467 g/mol. The van der Waals surface area contributed by atoms with Gasteiger partial charge >= 0.3 is 0 Å². The maximum absolute atomic E-state index is 9.24. The van der Waals surface area contributed by atoms with Gasteiger partial charge in [-0.15, -0.1) is 0 Å². The van der Waals surface area contributed by atoms with E-state index in [4.69, 9.17) is 4.98 Å². The number of thioether (sulfide) groups is 1. The van der Waals surface area contributed by atoms with Crippen LogP contribution in [0.3, 0.4) is 0 Å². The van der Waals surface area contributed by atoms with E-state index in [0.29, 0.717) is 6.42 Å². The third-order valence-corrected chi connectivity index (χ3v) is 7.44. The maximum Gasteiger partial charge on any atom is 0.170 e. The van der Waals surface area contributed by atoms with Gasteiger partial charge in [-0.3, -0.25) is 4.57 Å². The Bertz CT molecular complexity index is 1130. The minimum atomic E-state index is -0.361. The quantitative estimate of drug-likeness (QED) is 0.293. The fourth-order valence-corrected chi connectivity index (χ4v) is 5.07. The maximum atomic E-state index is 9.24. The lowest BCUT2D eigenvalue weighted by Gasteiger charge is -2.31. The van der Waals surface area contributed by atoms with Crippen LogP contribution in [0.15, 0.2) is 53.5 Å². The molecule has 2 aromatic heterocycles. The standard InChI is InChI=1S/C22H22BrN5S/c1-4-29-21-26-19-15(2)9-10-25-20(19)28(21)14-16-5-7-18(8-6-16)22(23)11-17(12-24)13-27(22)3/h5-10,13H,4,11,14H2,1-3H3. The van der Waals surface area contributed by atoms with Crippen molar-refractivity contribution in [3.63, 3.8) is 0 Å². The second-order valence-corrected chi connectivity index (χ2v) is 9.77. The summed E-state index contributed by atoms with van der Waals surface area (Å²) >= 11 is 5.59. The molecule has 0 radical (unpaired) electrons. The minimum Gasteiger partial charge on any atom is -0.360 e. The predicted octanol–water partition coefficient (Wildman–Crippen LogP) is 5.19. The van der Waals surface area contributed by atoms with Crippen LogP contribution in [0.5, 0.6) is 0 Å². The van der Waals surface area contributed by atoms with E-state index in [2.05, 4.69) is 74.6 Å². The second-order valence-electron chi connectivity index (χ2n) is 7.22. The molecule has 7 heteroatoms. The molecule has 4 rings (SSSR count). The van der Waals surface area contributed by atoms with Crippen LogP contribution in [0.25, 0.3) is 11.2 Å². The van der Waals surface area contributed by atoms with Crippen molar-refractivity contribution in [1.29, 1.82) is 5.26 Å². The van der Waals surface area contributed by atoms with E-state index in [9.17, 15) is 5.26 Å². The van der Waals surface area contributed by atoms with Crippen LogP contribution in [0.4, 0.5) is 0 Å². The van der Waals surface area contributed by atoms with E-state index in [1.807, 2.05) is 25.5 Å². The molecule has 5 nitrogen and oxygen atoms in total. The van der Waals surface area contributed by atoms with Gasteiger partial charge in [-0.05, 0) is 35.4 Å². The van der Waals surface area contributed by atoms with Gasteiger partial charge in [-0.1, -0.05) is 58.9 Å². The molecule has 1 aromatic carbocycles. The van der Waals surface area contributed by atoms with Gasteiger partial charge in [0.15, 0.2) is 10.8 Å². The van der Waals surface area contributed by atoms with E-state index < -0.39 is 0 Å². The highest BCUT2D eigenvalue weighted by Gasteiger charge is 2.38. The fourth-order valence-electron chi connectivity index (χ4n) is 3.68. The number of benzene rings is 1. The Kier molecular flexibility index (Phi) is 5.41. The van der Waals surface area contributed by atoms with Crippen molar-refractivity contribution in [2.24, 2.45) is 0 Å². The van der Waals surface area contributed by atoms with Crippen LogP contribution in [0.2, 0.25) is 0 Å². The average Bonchev–Trinajstić information content (AvgIpc) is 3.22. The predicted molar refractivity (Wildman–Crippen MR) is 121 cm³/mol. The Balaban J connectivity index is 1.64. The van der Waals surface area contributed by atoms with E-state index in [1.165, 1.54) is 5.56 Å². The van der Waals surface area contributed by atoms with Crippen molar-refractivity contribution < 1.29 is 0 Å². The summed E-state index contributed by atoms with van der Waals surface area (Å²) in [5, 5.41) is 10.2. The number of halogens is 1. The number of fused-ring (bicyclic) bond motifs is 1. The molecule has 1 aliphatic rings. The molecule has 0 aliphatic carbocycles. The third-order valence-electron chi connectivity index (χ3n) is 5.29. The van der Waals surface area contributed by atoms with Gasteiger partial charge in [-0.25, -0.2) is 9.97 Å². The molecule has 0 N–H and O–H groups in total. The number of nitrogens with zero attached hydrogens (tertiary/aromatic N) is 5. The number of hydrogen-bond donors (Lipinski definition) is 0. The first-order valence-electron chi connectivity index (χ1n) is 9.53. The summed E-state index contributed by atoms with van der Waals surface area (Å²) in [5.74, 6) is 0.966. The second kappa shape index (κ2) is 7.85. The zero-order chi connectivity index (χ0) is 20.6. The Morgan fingerprint density at radius 2 is 2.03 bits per heavy atom. The van der Waals surface area contributed by atoms with Gasteiger partial charge in [-0.2, -0.15) is 5.26 Å². The van der Waals surface area contributed by atoms with Crippen molar-refractivity contribution in [3.05, 3.63) is 65.0 Å². The third kappa shape index (κ3) is 3.56. The molecule has 0 spiro atoms. The van der Waals surface area contributed by atoms with Gasteiger partial charge in [0.1, 0.15) is 9.96 Å². The normalized spacial score (nSPS) is 18.9. The number of aryl methyl sites for hydroxylation is 1. The molecule has 0 saturated carbocycles. The van der Waals surface area contributed by atoms with E-state index >= 15 is 0 Å². The number of hydrogen-bond acceptors (Lipinski definition) is 5. The molecule has 0 saturated heterocycles. The average molecular weight is 468 g/mol. The lowest BCUT2D eigenvalue weighted by Crippen LogP contribution is -2.30. The molecule has 148 valence electrons. The van der Waals surface area contributed by atoms with Crippen molar-refractivity contribution in [2.45, 2.75) is 36.4 Å². The summed E-state index contributed by atoms with van der Waals surface area (Å²) in [4.78, 5) is 11.5. The van der Waals surface area contributed by atoms with Crippen LogP contribution in [0, 0.1) is 18.3 Å². The van der Waals surface area contributed by atoms with Gasteiger partial charge in [0.2, 0.25) is 0 Å². The number of alkyl halides is 1. The Hall–Kier alpha value is -2.30. The summed E-state index contributed by atoms with van der Waals surface area (Å²) in [7, 11) is 1.99. The molecular weight excluding hydrogens is 446 g/mol. The molecule has 0 amide bonds. The summed E-state index contributed by atoms with van der Waals surface area (Å²) in [6.45, 7) is 4.94. The zero-order valence-corrected chi connectivity index (χ0v) is 19.1. The molecular formula is C22H22BrN5S.